The van der Waals surface area contributed by atoms with Crippen LogP contribution in [-0.4, -0.2) is 14.1 Å². The number of rotatable bonds is 4. The highest BCUT2D eigenvalue weighted by Gasteiger charge is 2.16. The van der Waals surface area contributed by atoms with Crippen LogP contribution < -0.4 is 0 Å². The van der Waals surface area contributed by atoms with E-state index in [0.29, 0.717) is 5.56 Å². The predicted molar refractivity (Wildman–Crippen MR) is 189 cm³/mol. The van der Waals surface area contributed by atoms with Crippen LogP contribution in [-0.2, 0) is 0 Å². The number of hydrogen-bond acceptors (Lipinski definition) is 2. The highest BCUT2D eigenvalue weighted by atomic mass is 15.0. The monoisotopic (exact) mass is 586 g/mol. The fourth-order valence-electron chi connectivity index (χ4n) is 6.93. The van der Waals surface area contributed by atoms with Gasteiger partial charge in [-0.3, -0.25) is 4.98 Å². The van der Waals surface area contributed by atoms with E-state index in [1.165, 1.54) is 21.5 Å². The Morgan fingerprint density at radius 2 is 0.978 bits per heavy atom. The third-order valence-corrected chi connectivity index (χ3v) is 9.02. The van der Waals surface area contributed by atoms with Gasteiger partial charge in [-0.15, -0.1) is 0 Å². The second-order valence-electron chi connectivity index (χ2n) is 11.6. The van der Waals surface area contributed by atoms with Crippen molar-refractivity contribution in [3.8, 4) is 39.8 Å². The summed E-state index contributed by atoms with van der Waals surface area (Å²) in [5.74, 6) is 0. The molecule has 3 heterocycles. The van der Waals surface area contributed by atoms with Gasteiger partial charge in [0.25, 0.3) is 0 Å². The highest BCUT2D eigenvalue weighted by molar-refractivity contribution is 6.10. The summed E-state index contributed by atoms with van der Waals surface area (Å²) in [5.41, 5.74) is 11.0. The minimum atomic E-state index is 0.628. The van der Waals surface area contributed by atoms with Gasteiger partial charge in [0.1, 0.15) is 6.07 Å². The molecule has 0 amide bonds. The SMILES string of the molecule is N#Cc1cc(-c2cccc(-c3ccc(-n4c5ccccc5c5ccccc54)cn3)c2)ccc1-n1c2ccccc2c2ccccc21. The van der Waals surface area contributed by atoms with Gasteiger partial charge in [0.05, 0.1) is 50.9 Å². The summed E-state index contributed by atoms with van der Waals surface area (Å²) in [5, 5.41) is 15.1. The van der Waals surface area contributed by atoms with E-state index in [0.717, 1.165) is 55.8 Å². The molecule has 0 unspecified atom stereocenters. The van der Waals surface area contributed by atoms with Gasteiger partial charge >= 0.3 is 0 Å². The summed E-state index contributed by atoms with van der Waals surface area (Å²) in [7, 11) is 0. The van der Waals surface area contributed by atoms with Crippen LogP contribution in [0.15, 0.2) is 158 Å². The van der Waals surface area contributed by atoms with Crippen LogP contribution in [0.5, 0.6) is 0 Å². The molecule has 0 fully saturated rings. The number of para-hydroxylation sites is 4. The fourth-order valence-corrected chi connectivity index (χ4v) is 6.93. The van der Waals surface area contributed by atoms with Gasteiger partial charge in [-0.25, -0.2) is 0 Å². The summed E-state index contributed by atoms with van der Waals surface area (Å²) in [6.07, 6.45) is 1.95. The summed E-state index contributed by atoms with van der Waals surface area (Å²) in [6.45, 7) is 0. The van der Waals surface area contributed by atoms with Crippen molar-refractivity contribution >= 4 is 43.6 Å². The van der Waals surface area contributed by atoms with E-state index in [1.54, 1.807) is 0 Å². The third-order valence-electron chi connectivity index (χ3n) is 9.02. The molecular weight excluding hydrogens is 560 g/mol. The quantitative estimate of drug-likeness (QED) is 0.206. The maximum absolute atomic E-state index is 10.3. The number of benzene rings is 6. The van der Waals surface area contributed by atoms with Crippen molar-refractivity contribution in [1.82, 2.24) is 14.1 Å². The Morgan fingerprint density at radius 3 is 1.52 bits per heavy atom. The number of hydrogen-bond donors (Lipinski definition) is 0. The van der Waals surface area contributed by atoms with Crippen LogP contribution >= 0.6 is 0 Å². The highest BCUT2D eigenvalue weighted by Crippen LogP contribution is 2.35. The first-order valence-corrected chi connectivity index (χ1v) is 15.4. The Morgan fingerprint density at radius 1 is 0.457 bits per heavy atom. The van der Waals surface area contributed by atoms with Crippen molar-refractivity contribution in [3.05, 3.63) is 163 Å². The lowest BCUT2D eigenvalue weighted by atomic mass is 9.99. The lowest BCUT2D eigenvalue weighted by molar-refractivity contribution is 1.14. The van der Waals surface area contributed by atoms with Gasteiger partial charge in [0, 0.05) is 27.1 Å². The lowest BCUT2D eigenvalue weighted by Gasteiger charge is -2.12. The molecule has 0 aliphatic carbocycles. The van der Waals surface area contributed by atoms with Crippen LogP contribution in [0.25, 0.3) is 77.4 Å². The van der Waals surface area contributed by atoms with E-state index >= 15 is 0 Å². The van der Waals surface area contributed by atoms with Crippen molar-refractivity contribution < 1.29 is 0 Å². The van der Waals surface area contributed by atoms with E-state index < -0.39 is 0 Å². The first kappa shape index (κ1) is 26.0. The summed E-state index contributed by atoms with van der Waals surface area (Å²) >= 11 is 0. The molecule has 0 N–H and O–H groups in total. The lowest BCUT2D eigenvalue weighted by Crippen LogP contribution is -1.98. The van der Waals surface area contributed by atoms with Gasteiger partial charge in [0.2, 0.25) is 0 Å². The van der Waals surface area contributed by atoms with Crippen molar-refractivity contribution in [2.75, 3.05) is 0 Å². The zero-order valence-electron chi connectivity index (χ0n) is 24.8. The van der Waals surface area contributed by atoms with E-state index in [9.17, 15) is 5.26 Å². The van der Waals surface area contributed by atoms with E-state index in [1.807, 2.05) is 24.4 Å². The molecule has 4 nitrogen and oxygen atoms in total. The maximum Gasteiger partial charge on any atom is 0.101 e. The molecule has 0 spiro atoms. The second-order valence-corrected chi connectivity index (χ2v) is 11.6. The summed E-state index contributed by atoms with van der Waals surface area (Å²) in [6, 6.07) is 55.0. The molecule has 0 aliphatic rings. The summed E-state index contributed by atoms with van der Waals surface area (Å²) in [4.78, 5) is 4.92. The maximum atomic E-state index is 10.3. The van der Waals surface area contributed by atoms with Crippen molar-refractivity contribution in [2.24, 2.45) is 0 Å². The number of fused-ring (bicyclic) bond motifs is 6. The van der Waals surface area contributed by atoms with E-state index in [2.05, 4.69) is 149 Å². The minimum absolute atomic E-state index is 0.628. The van der Waals surface area contributed by atoms with Gasteiger partial charge in [0.15, 0.2) is 0 Å². The molecule has 0 saturated carbocycles. The Bertz CT molecular complexity index is 2540. The third kappa shape index (κ3) is 3.96. The van der Waals surface area contributed by atoms with Crippen molar-refractivity contribution in [2.45, 2.75) is 0 Å². The van der Waals surface area contributed by atoms with Gasteiger partial charge in [-0.1, -0.05) is 97.1 Å². The number of aromatic nitrogens is 3. The Hall–Kier alpha value is -6.44. The van der Waals surface area contributed by atoms with Crippen LogP contribution in [0.1, 0.15) is 5.56 Å². The van der Waals surface area contributed by atoms with E-state index in [-0.39, 0.29) is 0 Å². The van der Waals surface area contributed by atoms with Crippen molar-refractivity contribution in [1.29, 1.82) is 5.26 Å². The standard InChI is InChI=1S/C42H26N4/c43-26-31-25-29(20-23-38(31)46-41-18-7-3-14-35(41)36-15-4-8-19-42(36)46)28-10-9-11-30(24-28)37-22-21-32(27-44-37)45-39-16-5-1-12-33(39)34-13-2-6-17-40(34)45/h1-25,27H. The molecule has 3 aromatic heterocycles. The molecule has 0 bridgehead atoms. The van der Waals surface area contributed by atoms with E-state index in [4.69, 9.17) is 4.98 Å². The van der Waals surface area contributed by atoms with Gasteiger partial charge < -0.3 is 9.13 Å². The largest absolute Gasteiger partial charge is 0.308 e. The molecule has 214 valence electrons. The zero-order chi connectivity index (χ0) is 30.6. The Balaban J connectivity index is 1.10. The fraction of sp³-hybridized carbons (Fsp3) is 0. The smallest absolute Gasteiger partial charge is 0.101 e. The molecule has 0 aliphatic heterocycles. The number of nitrogens with zero attached hydrogens (tertiary/aromatic N) is 4. The predicted octanol–water partition coefficient (Wildman–Crippen LogP) is 10.5. The number of nitriles is 1. The molecule has 0 saturated heterocycles. The molecular formula is C42H26N4. The van der Waals surface area contributed by atoms with Crippen molar-refractivity contribution in [3.63, 3.8) is 0 Å². The topological polar surface area (TPSA) is 46.5 Å². The normalized spacial score (nSPS) is 11.5. The van der Waals surface area contributed by atoms with Gasteiger partial charge in [-0.2, -0.15) is 5.26 Å². The van der Waals surface area contributed by atoms with Crippen LogP contribution in [0.3, 0.4) is 0 Å². The molecule has 0 atom stereocenters. The molecule has 9 aromatic rings. The molecule has 9 rings (SSSR count). The minimum Gasteiger partial charge on any atom is -0.308 e. The molecule has 0 radical (unpaired) electrons. The molecule has 6 aromatic carbocycles. The van der Waals surface area contributed by atoms with Crippen LogP contribution in [0.2, 0.25) is 0 Å². The molecule has 4 heteroatoms. The second kappa shape index (κ2) is 10.3. The summed E-state index contributed by atoms with van der Waals surface area (Å²) < 4.78 is 4.48. The number of pyridine rings is 1. The zero-order valence-corrected chi connectivity index (χ0v) is 24.8. The van der Waals surface area contributed by atoms with Gasteiger partial charge in [-0.05, 0) is 65.7 Å². The average Bonchev–Trinajstić information content (AvgIpc) is 3.65. The van der Waals surface area contributed by atoms with Crippen LogP contribution in [0, 0.1) is 11.3 Å². The van der Waals surface area contributed by atoms with Crippen LogP contribution in [0.4, 0.5) is 0 Å². The molecule has 46 heavy (non-hydrogen) atoms. The first-order chi connectivity index (χ1) is 22.8. The average molecular weight is 587 g/mol. The first-order valence-electron chi connectivity index (χ1n) is 15.4. The Kier molecular flexibility index (Phi) is 5.84. The Labute approximate surface area is 265 Å².